The van der Waals surface area contributed by atoms with Crippen LogP contribution in [0.4, 0.5) is 0 Å². The van der Waals surface area contributed by atoms with Crippen molar-refractivity contribution in [3.05, 3.63) is 34.3 Å². The minimum absolute atomic E-state index is 0.00930. The molecule has 19 heavy (non-hydrogen) atoms. The molecule has 1 amide bonds. The predicted octanol–water partition coefficient (Wildman–Crippen LogP) is 3.49. The standard InChI is InChI=1S/C13H15BrN2OS2/c1-13(18-5-6-19-13)8-12(17)16-15-9-10-3-2-4-11(14)7-10/h2-4,7,9H,5-6,8H2,1H3,(H,16,17)/b15-9-. The van der Waals surface area contributed by atoms with Gasteiger partial charge in [-0.1, -0.05) is 28.1 Å². The molecule has 1 fully saturated rings. The van der Waals surface area contributed by atoms with Gasteiger partial charge < -0.3 is 0 Å². The van der Waals surface area contributed by atoms with Gasteiger partial charge in [0.1, 0.15) is 0 Å². The fourth-order valence-corrected chi connectivity index (χ4v) is 5.00. The van der Waals surface area contributed by atoms with Crippen LogP contribution >= 0.6 is 39.5 Å². The van der Waals surface area contributed by atoms with E-state index in [0.29, 0.717) is 6.42 Å². The average molecular weight is 359 g/mol. The predicted molar refractivity (Wildman–Crippen MR) is 87.8 cm³/mol. The van der Waals surface area contributed by atoms with Crippen molar-refractivity contribution in [1.29, 1.82) is 0 Å². The van der Waals surface area contributed by atoms with Crippen molar-refractivity contribution in [3.63, 3.8) is 0 Å². The van der Waals surface area contributed by atoms with Gasteiger partial charge in [0.05, 0.1) is 16.7 Å². The molecule has 0 spiro atoms. The lowest BCUT2D eigenvalue weighted by Gasteiger charge is -2.19. The van der Waals surface area contributed by atoms with E-state index in [4.69, 9.17) is 0 Å². The molecule has 2 rings (SSSR count). The Bertz CT molecular complexity index is 487. The molecule has 1 heterocycles. The number of nitrogens with zero attached hydrogens (tertiary/aromatic N) is 1. The van der Waals surface area contributed by atoms with E-state index < -0.39 is 0 Å². The molecule has 1 aromatic carbocycles. The van der Waals surface area contributed by atoms with Gasteiger partial charge in [-0.25, -0.2) is 5.43 Å². The highest BCUT2D eigenvalue weighted by atomic mass is 79.9. The summed E-state index contributed by atoms with van der Waals surface area (Å²) < 4.78 is 1.00. The molecule has 1 aliphatic heterocycles. The minimum atomic E-state index is -0.0318. The number of hydrogen-bond donors (Lipinski definition) is 1. The molecule has 1 N–H and O–H groups in total. The Morgan fingerprint density at radius 1 is 1.53 bits per heavy atom. The monoisotopic (exact) mass is 358 g/mol. The Balaban J connectivity index is 1.83. The van der Waals surface area contributed by atoms with Crippen molar-refractivity contribution in [2.45, 2.75) is 17.4 Å². The smallest absolute Gasteiger partial charge is 0.242 e. The van der Waals surface area contributed by atoms with Crippen LogP contribution in [0.5, 0.6) is 0 Å². The third-order valence-corrected chi connectivity index (χ3v) is 6.42. The van der Waals surface area contributed by atoms with Gasteiger partial charge in [0.15, 0.2) is 0 Å². The maximum absolute atomic E-state index is 11.8. The second-order valence-electron chi connectivity index (χ2n) is 4.36. The first kappa shape index (κ1) is 14.9. The average Bonchev–Trinajstić information content (AvgIpc) is 2.75. The zero-order chi connectivity index (χ0) is 13.7. The highest BCUT2D eigenvalue weighted by Gasteiger charge is 2.32. The van der Waals surface area contributed by atoms with Crippen LogP contribution in [0.1, 0.15) is 18.9 Å². The molecule has 102 valence electrons. The van der Waals surface area contributed by atoms with Crippen molar-refractivity contribution in [2.75, 3.05) is 11.5 Å². The molecule has 0 bridgehead atoms. The summed E-state index contributed by atoms with van der Waals surface area (Å²) in [6, 6.07) is 7.76. The van der Waals surface area contributed by atoms with Crippen molar-refractivity contribution in [2.24, 2.45) is 5.10 Å². The summed E-state index contributed by atoms with van der Waals surface area (Å²) in [7, 11) is 0. The Morgan fingerprint density at radius 3 is 2.95 bits per heavy atom. The van der Waals surface area contributed by atoms with Gasteiger partial charge in [-0.2, -0.15) is 5.10 Å². The highest BCUT2D eigenvalue weighted by Crippen LogP contribution is 2.45. The summed E-state index contributed by atoms with van der Waals surface area (Å²) in [6.45, 7) is 2.12. The zero-order valence-corrected chi connectivity index (χ0v) is 13.8. The van der Waals surface area contributed by atoms with Crippen LogP contribution in [-0.4, -0.2) is 27.7 Å². The van der Waals surface area contributed by atoms with Gasteiger partial charge in [-0.05, 0) is 24.6 Å². The Kier molecular flexibility index (Phi) is 5.36. The maximum atomic E-state index is 11.8. The van der Waals surface area contributed by atoms with E-state index in [0.717, 1.165) is 21.5 Å². The van der Waals surface area contributed by atoms with Crippen LogP contribution in [0.25, 0.3) is 0 Å². The molecule has 0 radical (unpaired) electrons. The van der Waals surface area contributed by atoms with E-state index in [1.807, 2.05) is 47.8 Å². The first-order valence-corrected chi connectivity index (χ1v) is 8.69. The van der Waals surface area contributed by atoms with Crippen LogP contribution in [-0.2, 0) is 4.79 Å². The third-order valence-electron chi connectivity index (χ3n) is 2.63. The van der Waals surface area contributed by atoms with Crippen molar-refractivity contribution in [1.82, 2.24) is 5.43 Å². The molecule has 0 atom stereocenters. The van der Waals surface area contributed by atoms with E-state index >= 15 is 0 Å². The number of benzene rings is 1. The van der Waals surface area contributed by atoms with Crippen molar-refractivity contribution >= 4 is 51.6 Å². The Labute approximate surface area is 130 Å². The molecular formula is C13H15BrN2OS2. The van der Waals surface area contributed by atoms with E-state index in [2.05, 4.69) is 33.4 Å². The van der Waals surface area contributed by atoms with Crippen LogP contribution in [0.2, 0.25) is 0 Å². The number of thioether (sulfide) groups is 2. The normalized spacial score (nSPS) is 17.8. The number of hydrazone groups is 1. The summed E-state index contributed by atoms with van der Waals surface area (Å²) in [4.78, 5) is 11.8. The Hall–Kier alpha value is -0.460. The summed E-state index contributed by atoms with van der Waals surface area (Å²) in [5.74, 6) is 2.21. The zero-order valence-electron chi connectivity index (χ0n) is 10.6. The quantitative estimate of drug-likeness (QED) is 0.661. The molecule has 1 aliphatic rings. The highest BCUT2D eigenvalue weighted by molar-refractivity contribution is 9.10. The fourth-order valence-electron chi connectivity index (χ4n) is 1.76. The minimum Gasteiger partial charge on any atom is -0.273 e. The number of halogens is 1. The van der Waals surface area contributed by atoms with Crippen molar-refractivity contribution < 1.29 is 4.79 Å². The Morgan fingerprint density at radius 2 is 2.26 bits per heavy atom. The summed E-state index contributed by atoms with van der Waals surface area (Å²) in [6.07, 6.45) is 2.15. The largest absolute Gasteiger partial charge is 0.273 e. The number of rotatable bonds is 4. The van der Waals surface area contributed by atoms with Gasteiger partial charge >= 0.3 is 0 Å². The second kappa shape index (κ2) is 6.81. The molecule has 0 aliphatic carbocycles. The second-order valence-corrected chi connectivity index (χ2v) is 8.73. The molecule has 1 aromatic rings. The third kappa shape index (κ3) is 4.85. The molecule has 0 unspecified atom stereocenters. The number of carbonyl (C=O) groups excluding carboxylic acids is 1. The molecule has 3 nitrogen and oxygen atoms in total. The number of amides is 1. The van der Waals surface area contributed by atoms with Gasteiger partial charge in [0.2, 0.25) is 5.91 Å². The fraction of sp³-hybridized carbons (Fsp3) is 0.385. The van der Waals surface area contributed by atoms with Crippen LogP contribution in [0.15, 0.2) is 33.8 Å². The molecule has 1 saturated heterocycles. The van der Waals surface area contributed by atoms with Gasteiger partial charge in [0, 0.05) is 16.0 Å². The first-order valence-electron chi connectivity index (χ1n) is 5.93. The summed E-state index contributed by atoms with van der Waals surface area (Å²) in [5, 5.41) is 3.99. The molecule has 6 heteroatoms. The van der Waals surface area contributed by atoms with Crippen LogP contribution in [0.3, 0.4) is 0 Å². The van der Waals surface area contributed by atoms with Crippen molar-refractivity contribution in [3.8, 4) is 0 Å². The van der Waals surface area contributed by atoms with Gasteiger partial charge in [-0.3, -0.25) is 4.79 Å². The lowest BCUT2D eigenvalue weighted by atomic mass is 10.2. The SMILES string of the molecule is CC1(CC(=O)N/N=C\c2cccc(Br)c2)SCCS1. The lowest BCUT2D eigenvalue weighted by Crippen LogP contribution is -2.26. The topological polar surface area (TPSA) is 41.5 Å². The van der Waals surface area contributed by atoms with E-state index in [-0.39, 0.29) is 9.99 Å². The van der Waals surface area contributed by atoms with Gasteiger partial charge in [0.25, 0.3) is 0 Å². The van der Waals surface area contributed by atoms with E-state index in [1.54, 1.807) is 6.21 Å². The molecular weight excluding hydrogens is 344 g/mol. The summed E-state index contributed by atoms with van der Waals surface area (Å²) >= 11 is 7.09. The number of carbonyl (C=O) groups is 1. The molecule has 0 saturated carbocycles. The summed E-state index contributed by atoms with van der Waals surface area (Å²) in [5.41, 5.74) is 3.54. The van der Waals surface area contributed by atoms with E-state index in [1.165, 1.54) is 0 Å². The maximum Gasteiger partial charge on any atom is 0.242 e. The van der Waals surface area contributed by atoms with E-state index in [9.17, 15) is 4.79 Å². The van der Waals surface area contributed by atoms with Crippen LogP contribution in [0, 0.1) is 0 Å². The number of hydrogen-bond acceptors (Lipinski definition) is 4. The van der Waals surface area contributed by atoms with Gasteiger partial charge in [-0.15, -0.1) is 23.5 Å². The lowest BCUT2D eigenvalue weighted by molar-refractivity contribution is -0.121. The first-order chi connectivity index (χ1) is 9.07. The number of nitrogens with one attached hydrogen (secondary N) is 1. The van der Waals surface area contributed by atoms with Crippen LogP contribution < -0.4 is 5.43 Å². The molecule has 0 aromatic heterocycles.